The number of thiophene rings is 1. The molecule has 3 rings (SSSR count). The van der Waals surface area contributed by atoms with Crippen molar-refractivity contribution in [2.45, 2.75) is 18.2 Å². The van der Waals surface area contributed by atoms with E-state index in [9.17, 15) is 18.0 Å². The predicted molar refractivity (Wildman–Crippen MR) is 119 cm³/mol. The van der Waals surface area contributed by atoms with Gasteiger partial charge in [-0.25, -0.2) is 13.2 Å². The van der Waals surface area contributed by atoms with E-state index in [-0.39, 0.29) is 11.4 Å². The Balaban J connectivity index is 1.51. The van der Waals surface area contributed by atoms with Gasteiger partial charge in [0.25, 0.3) is 0 Å². The summed E-state index contributed by atoms with van der Waals surface area (Å²) in [7, 11) is -3.65. The fraction of sp³-hybridized carbons (Fsp3) is 0.400. The third kappa shape index (κ3) is 6.50. The highest BCUT2D eigenvalue weighted by atomic mass is 32.2. The van der Waals surface area contributed by atoms with Crippen LogP contribution in [-0.4, -0.2) is 64.1 Å². The molecular weight excluding hydrogens is 440 g/mol. The minimum atomic E-state index is -3.65. The largest absolute Gasteiger partial charge is 0.379 e. The Morgan fingerprint density at radius 3 is 2.68 bits per heavy atom. The molecule has 2 heterocycles. The van der Waals surface area contributed by atoms with E-state index < -0.39 is 22.0 Å². The van der Waals surface area contributed by atoms with E-state index in [4.69, 9.17) is 4.74 Å². The van der Waals surface area contributed by atoms with Crippen molar-refractivity contribution >= 4 is 39.0 Å². The number of urea groups is 1. The summed E-state index contributed by atoms with van der Waals surface area (Å²) in [6.07, 6.45) is 0.696. The topological polar surface area (TPSA) is 117 Å². The number of aryl methyl sites for hydroxylation is 1. The van der Waals surface area contributed by atoms with Gasteiger partial charge < -0.3 is 15.4 Å². The van der Waals surface area contributed by atoms with E-state index in [1.165, 1.54) is 10.4 Å². The van der Waals surface area contributed by atoms with E-state index in [2.05, 4.69) is 16.0 Å². The smallest absolute Gasteiger partial charge is 0.321 e. The summed E-state index contributed by atoms with van der Waals surface area (Å²) in [4.78, 5) is 25.2. The van der Waals surface area contributed by atoms with Gasteiger partial charge in [-0.3, -0.25) is 10.1 Å². The molecule has 2 aromatic rings. The van der Waals surface area contributed by atoms with Crippen molar-refractivity contribution in [1.29, 1.82) is 0 Å². The van der Waals surface area contributed by atoms with Crippen molar-refractivity contribution < 1.29 is 22.7 Å². The summed E-state index contributed by atoms with van der Waals surface area (Å²) in [5.74, 6) is -0.521. The Morgan fingerprint density at radius 2 is 1.97 bits per heavy atom. The first-order valence-corrected chi connectivity index (χ1v) is 12.2. The number of amides is 3. The molecule has 0 saturated carbocycles. The van der Waals surface area contributed by atoms with Crippen LogP contribution in [0.5, 0.6) is 0 Å². The van der Waals surface area contributed by atoms with Crippen LogP contribution < -0.4 is 16.0 Å². The van der Waals surface area contributed by atoms with Gasteiger partial charge in [-0.05, 0) is 42.5 Å². The minimum absolute atomic E-state index is 0.168. The first-order chi connectivity index (χ1) is 14.9. The number of hydrogen-bond donors (Lipinski definition) is 3. The molecule has 3 amide bonds. The Bertz CT molecular complexity index is 1000. The average Bonchev–Trinajstić information content (AvgIpc) is 3.27. The SMILES string of the molecule is Cc1ccc(NCC(=O)NC(=O)NCCc2cccs2)cc1S(=O)(=O)N1CCOCC1. The van der Waals surface area contributed by atoms with Crippen LogP contribution in [0.1, 0.15) is 10.4 Å². The molecule has 168 valence electrons. The summed E-state index contributed by atoms with van der Waals surface area (Å²) >= 11 is 1.61. The van der Waals surface area contributed by atoms with Gasteiger partial charge in [0.1, 0.15) is 0 Å². The minimum Gasteiger partial charge on any atom is -0.379 e. The standard InChI is InChI=1S/C20H26N4O5S2/c1-15-4-5-16(13-18(15)31(27,28)24-8-10-29-11-9-24)22-14-19(25)23-20(26)21-7-6-17-3-2-12-30-17/h2-5,12-13,22H,6-11,14H2,1H3,(H2,21,23,25,26). The molecule has 1 saturated heterocycles. The Hall–Kier alpha value is -2.47. The van der Waals surface area contributed by atoms with Gasteiger partial charge in [0.15, 0.2) is 0 Å². The normalized spacial score (nSPS) is 14.7. The highest BCUT2D eigenvalue weighted by Gasteiger charge is 2.28. The summed E-state index contributed by atoms with van der Waals surface area (Å²) in [6, 6.07) is 8.25. The van der Waals surface area contributed by atoms with Gasteiger partial charge in [-0.1, -0.05) is 12.1 Å². The third-order valence-corrected chi connectivity index (χ3v) is 7.70. The van der Waals surface area contributed by atoms with E-state index in [0.29, 0.717) is 50.5 Å². The number of carbonyl (C=O) groups excluding carboxylic acids is 2. The first-order valence-electron chi connectivity index (χ1n) is 9.89. The molecule has 1 aliphatic rings. The zero-order chi connectivity index (χ0) is 22.3. The number of ether oxygens (including phenoxy) is 1. The van der Waals surface area contributed by atoms with Gasteiger partial charge in [-0.2, -0.15) is 4.31 Å². The highest BCUT2D eigenvalue weighted by molar-refractivity contribution is 7.89. The monoisotopic (exact) mass is 466 g/mol. The maximum Gasteiger partial charge on any atom is 0.321 e. The number of nitrogens with zero attached hydrogens (tertiary/aromatic N) is 1. The lowest BCUT2D eigenvalue weighted by atomic mass is 10.2. The number of rotatable bonds is 8. The first kappa shape index (κ1) is 23.2. The molecule has 1 aliphatic heterocycles. The number of morpholine rings is 1. The van der Waals surface area contributed by atoms with Crippen molar-refractivity contribution in [1.82, 2.24) is 14.9 Å². The lowest BCUT2D eigenvalue weighted by Crippen LogP contribution is -2.42. The Morgan fingerprint density at radius 1 is 1.19 bits per heavy atom. The predicted octanol–water partition coefficient (Wildman–Crippen LogP) is 1.56. The molecule has 0 atom stereocenters. The van der Waals surface area contributed by atoms with Gasteiger partial charge in [0.2, 0.25) is 15.9 Å². The number of nitrogens with one attached hydrogen (secondary N) is 3. The van der Waals surface area contributed by atoms with Gasteiger partial charge >= 0.3 is 6.03 Å². The summed E-state index contributed by atoms with van der Waals surface area (Å²) in [5, 5.41) is 9.72. The number of imide groups is 1. The summed E-state index contributed by atoms with van der Waals surface area (Å²) in [5.41, 5.74) is 1.09. The Labute approximate surface area is 185 Å². The van der Waals surface area contributed by atoms with E-state index in [0.717, 1.165) is 4.88 Å². The van der Waals surface area contributed by atoms with Crippen LogP contribution in [0.25, 0.3) is 0 Å². The summed E-state index contributed by atoms with van der Waals surface area (Å²) < 4.78 is 32.5. The fourth-order valence-electron chi connectivity index (χ4n) is 3.07. The molecule has 0 bridgehead atoms. The second-order valence-corrected chi connectivity index (χ2v) is 9.92. The lowest BCUT2D eigenvalue weighted by Gasteiger charge is -2.26. The van der Waals surface area contributed by atoms with Crippen LogP contribution >= 0.6 is 11.3 Å². The zero-order valence-corrected chi connectivity index (χ0v) is 18.9. The van der Waals surface area contributed by atoms with Crippen molar-refractivity contribution in [3.63, 3.8) is 0 Å². The van der Waals surface area contributed by atoms with E-state index in [1.54, 1.807) is 30.4 Å². The molecule has 9 nitrogen and oxygen atoms in total. The molecule has 3 N–H and O–H groups in total. The number of anilines is 1. The molecule has 1 fully saturated rings. The molecule has 0 radical (unpaired) electrons. The van der Waals surface area contributed by atoms with Crippen molar-refractivity contribution in [2.24, 2.45) is 0 Å². The number of sulfonamides is 1. The summed E-state index contributed by atoms with van der Waals surface area (Å²) in [6.45, 7) is 3.33. The van der Waals surface area contributed by atoms with Gasteiger partial charge in [0.05, 0.1) is 24.7 Å². The van der Waals surface area contributed by atoms with Crippen LogP contribution in [0, 0.1) is 6.92 Å². The van der Waals surface area contributed by atoms with Crippen LogP contribution in [0.2, 0.25) is 0 Å². The molecule has 0 spiro atoms. The van der Waals surface area contributed by atoms with Crippen LogP contribution in [0.3, 0.4) is 0 Å². The molecule has 31 heavy (non-hydrogen) atoms. The zero-order valence-electron chi connectivity index (χ0n) is 17.2. The maximum absolute atomic E-state index is 12.9. The molecular formula is C20H26N4O5S2. The molecule has 0 aliphatic carbocycles. The number of benzene rings is 1. The second-order valence-electron chi connectivity index (χ2n) is 6.98. The van der Waals surface area contributed by atoms with E-state index in [1.807, 2.05) is 17.5 Å². The lowest BCUT2D eigenvalue weighted by molar-refractivity contribution is -0.118. The van der Waals surface area contributed by atoms with Gasteiger partial charge in [-0.15, -0.1) is 11.3 Å². The molecule has 11 heteroatoms. The number of carbonyl (C=O) groups is 2. The highest BCUT2D eigenvalue weighted by Crippen LogP contribution is 2.24. The van der Waals surface area contributed by atoms with E-state index >= 15 is 0 Å². The quantitative estimate of drug-likeness (QED) is 0.544. The number of hydrogen-bond acceptors (Lipinski definition) is 7. The molecule has 1 aromatic heterocycles. The maximum atomic E-state index is 12.9. The van der Waals surface area contributed by atoms with Crippen molar-refractivity contribution in [3.05, 3.63) is 46.2 Å². The fourth-order valence-corrected chi connectivity index (χ4v) is 5.43. The van der Waals surface area contributed by atoms with Crippen LogP contribution in [-0.2, 0) is 26.0 Å². The average molecular weight is 467 g/mol. The Kier molecular flexibility index (Phi) is 8.02. The second kappa shape index (κ2) is 10.7. The van der Waals surface area contributed by atoms with Gasteiger partial charge in [0, 0.05) is 30.2 Å². The molecule has 0 unspecified atom stereocenters. The van der Waals surface area contributed by atoms with Crippen molar-refractivity contribution in [3.8, 4) is 0 Å². The van der Waals surface area contributed by atoms with Crippen molar-refractivity contribution in [2.75, 3.05) is 44.7 Å². The molecule has 1 aromatic carbocycles. The third-order valence-electron chi connectivity index (χ3n) is 4.72. The van der Waals surface area contributed by atoms with Crippen LogP contribution in [0.4, 0.5) is 10.5 Å². The van der Waals surface area contributed by atoms with Crippen LogP contribution in [0.15, 0.2) is 40.6 Å².